The van der Waals surface area contributed by atoms with Crippen molar-refractivity contribution in [2.45, 2.75) is 19.3 Å². The Kier molecular flexibility index (Phi) is 5.81. The zero-order valence-electron chi connectivity index (χ0n) is 18.7. The first-order valence-corrected chi connectivity index (χ1v) is 11.0. The van der Waals surface area contributed by atoms with Gasteiger partial charge in [0.1, 0.15) is 12.3 Å². The number of methoxy groups -OCH3 is 1. The zero-order chi connectivity index (χ0) is 23.7. The number of carbonyl (C=O) groups is 2. The highest BCUT2D eigenvalue weighted by atomic mass is 16.5. The van der Waals surface area contributed by atoms with E-state index in [0.29, 0.717) is 30.2 Å². The molecule has 174 valence electrons. The third-order valence-electron chi connectivity index (χ3n) is 5.89. The van der Waals surface area contributed by atoms with Crippen LogP contribution in [0.3, 0.4) is 0 Å². The van der Waals surface area contributed by atoms with Crippen molar-refractivity contribution in [3.05, 3.63) is 53.5 Å². The molecular weight excluding hydrogens is 436 g/mol. The molecule has 2 amide bonds. The summed E-state index contributed by atoms with van der Waals surface area (Å²) in [6, 6.07) is 1.72. The molecule has 0 atom stereocenters. The van der Waals surface area contributed by atoms with E-state index in [0.717, 1.165) is 53.0 Å². The van der Waals surface area contributed by atoms with Crippen molar-refractivity contribution in [1.29, 1.82) is 0 Å². The van der Waals surface area contributed by atoms with Crippen LogP contribution in [0.4, 0.5) is 5.69 Å². The fourth-order valence-electron chi connectivity index (χ4n) is 4.29. The van der Waals surface area contributed by atoms with Crippen molar-refractivity contribution in [1.82, 2.24) is 25.3 Å². The molecule has 5 rings (SSSR count). The topological polar surface area (TPSA) is 131 Å². The first kappa shape index (κ1) is 21.8. The maximum atomic E-state index is 12.5. The van der Waals surface area contributed by atoms with E-state index < -0.39 is 0 Å². The van der Waals surface area contributed by atoms with E-state index in [1.54, 1.807) is 19.4 Å². The third kappa shape index (κ3) is 3.92. The number of aromatic nitrogens is 4. The second-order valence-electron chi connectivity index (χ2n) is 8.02. The number of anilines is 1. The summed E-state index contributed by atoms with van der Waals surface area (Å²) in [5, 5.41) is 5.65. The summed E-state index contributed by atoms with van der Waals surface area (Å²) in [7, 11) is 1.58. The molecule has 0 saturated heterocycles. The second kappa shape index (κ2) is 9.06. The molecular formula is C24H24N6O4. The molecule has 0 saturated carbocycles. The van der Waals surface area contributed by atoms with E-state index in [9.17, 15) is 9.59 Å². The molecule has 2 aliphatic rings. The number of amides is 2. The number of rotatable bonds is 7. The van der Waals surface area contributed by atoms with Gasteiger partial charge < -0.3 is 25.1 Å². The molecule has 0 aromatic carbocycles. The number of carbonyl (C=O) groups excluding carboxylic acids is 2. The Morgan fingerprint density at radius 3 is 2.94 bits per heavy atom. The molecule has 0 radical (unpaired) electrons. The summed E-state index contributed by atoms with van der Waals surface area (Å²) in [5.74, 6) is 0.294. The lowest BCUT2D eigenvalue weighted by molar-refractivity contribution is -0.111. The van der Waals surface area contributed by atoms with Gasteiger partial charge in [-0.1, -0.05) is 6.58 Å². The van der Waals surface area contributed by atoms with Crippen LogP contribution in [0, 0.1) is 0 Å². The van der Waals surface area contributed by atoms with Gasteiger partial charge in [-0.3, -0.25) is 9.59 Å². The predicted molar refractivity (Wildman–Crippen MR) is 125 cm³/mol. The summed E-state index contributed by atoms with van der Waals surface area (Å²) in [6.45, 7) is 4.78. The molecule has 1 aliphatic heterocycles. The van der Waals surface area contributed by atoms with E-state index in [1.165, 1.54) is 6.08 Å². The molecule has 10 nitrogen and oxygen atoms in total. The fraction of sp³-hybridized carbons (Fsp3) is 0.292. The monoisotopic (exact) mass is 460 g/mol. The standard InChI is InChI=1S/C24H24N6O4/c1-3-18(31)28-17-10-14(12-27-24(17)34-9-8-33-2)22-26-11-13-4-5-15-19-16(6-7-25-23(19)32)29-21(15)20(13)30-22/h3,10-12,29H,1,4-9H2,2H3,(H,25,32)(H,28,31). The first-order valence-electron chi connectivity index (χ1n) is 11.0. The number of hydrogen-bond acceptors (Lipinski definition) is 7. The van der Waals surface area contributed by atoms with Crippen molar-refractivity contribution < 1.29 is 19.1 Å². The lowest BCUT2D eigenvalue weighted by Crippen LogP contribution is -2.32. The number of ether oxygens (including phenoxy) is 2. The van der Waals surface area contributed by atoms with Gasteiger partial charge in [0.2, 0.25) is 11.8 Å². The van der Waals surface area contributed by atoms with Crippen LogP contribution in [-0.2, 0) is 28.8 Å². The highest BCUT2D eigenvalue weighted by molar-refractivity contribution is 6.01. The number of H-pyrrole nitrogens is 1. The molecule has 10 heteroatoms. The van der Waals surface area contributed by atoms with Crippen LogP contribution in [0.5, 0.6) is 5.88 Å². The van der Waals surface area contributed by atoms with Gasteiger partial charge in [-0.2, -0.15) is 0 Å². The number of nitrogens with zero attached hydrogens (tertiary/aromatic N) is 3. The molecule has 3 aromatic rings. The summed E-state index contributed by atoms with van der Waals surface area (Å²) in [5.41, 5.74) is 6.38. The molecule has 0 bridgehead atoms. The normalized spacial score (nSPS) is 13.9. The summed E-state index contributed by atoms with van der Waals surface area (Å²) in [4.78, 5) is 41.6. The van der Waals surface area contributed by atoms with Crippen molar-refractivity contribution in [2.75, 3.05) is 32.2 Å². The number of hydrogen-bond donors (Lipinski definition) is 3. The summed E-state index contributed by atoms with van der Waals surface area (Å²) >= 11 is 0. The van der Waals surface area contributed by atoms with Gasteiger partial charge in [0, 0.05) is 43.7 Å². The number of fused-ring (bicyclic) bond motifs is 5. The van der Waals surface area contributed by atoms with Gasteiger partial charge in [0.15, 0.2) is 5.82 Å². The number of aryl methyl sites for hydroxylation is 1. The largest absolute Gasteiger partial charge is 0.474 e. The number of aromatic amines is 1. The fourth-order valence-corrected chi connectivity index (χ4v) is 4.29. The summed E-state index contributed by atoms with van der Waals surface area (Å²) in [6.07, 6.45) is 6.87. The smallest absolute Gasteiger partial charge is 0.253 e. The Balaban J connectivity index is 1.53. The SMILES string of the molecule is C=CC(=O)Nc1cc(-c2ncc3c(n2)-c2[nH]c4c(c2CC3)C(=O)NCC4)cnc1OCCOC. The van der Waals surface area contributed by atoms with E-state index >= 15 is 0 Å². The van der Waals surface area contributed by atoms with E-state index in [1.807, 2.05) is 6.20 Å². The Bertz CT molecular complexity index is 1300. The van der Waals surface area contributed by atoms with E-state index in [-0.39, 0.29) is 24.3 Å². The van der Waals surface area contributed by atoms with Crippen LogP contribution in [0.2, 0.25) is 0 Å². The van der Waals surface area contributed by atoms with E-state index in [2.05, 4.69) is 32.2 Å². The van der Waals surface area contributed by atoms with Gasteiger partial charge in [0.05, 0.1) is 23.6 Å². The molecule has 4 heterocycles. The summed E-state index contributed by atoms with van der Waals surface area (Å²) < 4.78 is 10.7. The highest BCUT2D eigenvalue weighted by Crippen LogP contribution is 2.37. The average Bonchev–Trinajstić information content (AvgIpc) is 3.25. The molecule has 0 fully saturated rings. The van der Waals surface area contributed by atoms with Gasteiger partial charge >= 0.3 is 0 Å². The van der Waals surface area contributed by atoms with E-state index in [4.69, 9.17) is 14.5 Å². The van der Waals surface area contributed by atoms with Crippen molar-refractivity contribution in [2.24, 2.45) is 0 Å². The van der Waals surface area contributed by atoms with Gasteiger partial charge in [-0.05, 0) is 36.1 Å². The first-order chi connectivity index (χ1) is 16.6. The van der Waals surface area contributed by atoms with Gasteiger partial charge in [0.25, 0.3) is 5.91 Å². The molecule has 3 aromatic heterocycles. The Morgan fingerprint density at radius 2 is 2.12 bits per heavy atom. The van der Waals surface area contributed by atoms with Crippen molar-refractivity contribution in [3.63, 3.8) is 0 Å². The molecule has 0 unspecified atom stereocenters. The average molecular weight is 460 g/mol. The Hall–Kier alpha value is -4.05. The maximum absolute atomic E-state index is 12.5. The minimum absolute atomic E-state index is 0.0349. The number of pyridine rings is 1. The molecule has 1 aliphatic carbocycles. The lowest BCUT2D eigenvalue weighted by Gasteiger charge is -2.18. The van der Waals surface area contributed by atoms with Gasteiger partial charge in [-0.25, -0.2) is 15.0 Å². The number of nitrogens with one attached hydrogen (secondary N) is 3. The highest BCUT2D eigenvalue weighted by Gasteiger charge is 2.30. The van der Waals surface area contributed by atoms with Gasteiger partial charge in [-0.15, -0.1) is 0 Å². The third-order valence-corrected chi connectivity index (χ3v) is 5.89. The van der Waals surface area contributed by atoms with Crippen molar-refractivity contribution in [3.8, 4) is 28.7 Å². The van der Waals surface area contributed by atoms with Crippen LogP contribution < -0.4 is 15.4 Å². The molecule has 34 heavy (non-hydrogen) atoms. The van der Waals surface area contributed by atoms with Crippen LogP contribution >= 0.6 is 0 Å². The quantitative estimate of drug-likeness (QED) is 0.363. The van der Waals surface area contributed by atoms with Crippen LogP contribution in [-0.4, -0.2) is 58.6 Å². The second-order valence-corrected chi connectivity index (χ2v) is 8.02. The van der Waals surface area contributed by atoms with Crippen molar-refractivity contribution >= 4 is 17.5 Å². The van der Waals surface area contributed by atoms with Crippen LogP contribution in [0.25, 0.3) is 22.8 Å². The minimum Gasteiger partial charge on any atom is -0.474 e. The molecule has 3 N–H and O–H groups in total. The minimum atomic E-state index is -0.387. The zero-order valence-corrected chi connectivity index (χ0v) is 18.7. The Morgan fingerprint density at radius 1 is 1.24 bits per heavy atom. The van der Waals surface area contributed by atoms with Crippen LogP contribution in [0.15, 0.2) is 31.1 Å². The Labute approximate surface area is 195 Å². The maximum Gasteiger partial charge on any atom is 0.253 e. The predicted octanol–water partition coefficient (Wildman–Crippen LogP) is 2.07. The lowest BCUT2D eigenvalue weighted by atomic mass is 9.91. The molecule has 0 spiro atoms. The van der Waals surface area contributed by atoms with Crippen LogP contribution in [0.1, 0.15) is 27.2 Å².